The van der Waals surface area contributed by atoms with Crippen molar-refractivity contribution in [2.24, 2.45) is 0 Å². The highest BCUT2D eigenvalue weighted by atomic mass is 35.5. The van der Waals surface area contributed by atoms with Crippen molar-refractivity contribution < 1.29 is 18.7 Å². The van der Waals surface area contributed by atoms with Gasteiger partial charge in [-0.3, -0.25) is 9.59 Å². The van der Waals surface area contributed by atoms with Crippen molar-refractivity contribution in [2.45, 2.75) is 6.61 Å². The lowest BCUT2D eigenvalue weighted by atomic mass is 10.1. The van der Waals surface area contributed by atoms with Gasteiger partial charge in [-0.2, -0.15) is 0 Å². The molecule has 7 heteroatoms. The molecule has 4 rings (SSSR count). The van der Waals surface area contributed by atoms with Gasteiger partial charge >= 0.3 is 0 Å². The first-order valence-electron chi connectivity index (χ1n) is 9.02. The largest absolute Gasteiger partial charge is 0.488 e. The van der Waals surface area contributed by atoms with Gasteiger partial charge in [0.2, 0.25) is 0 Å². The molecule has 0 radical (unpaired) electrons. The number of nitrogens with zero attached hydrogens (tertiary/aromatic N) is 1. The zero-order valence-corrected chi connectivity index (χ0v) is 17.1. The minimum Gasteiger partial charge on any atom is -0.488 e. The summed E-state index contributed by atoms with van der Waals surface area (Å²) in [5, 5.41) is 0.125. The topological polar surface area (TPSA) is 46.6 Å². The van der Waals surface area contributed by atoms with Crippen molar-refractivity contribution in [2.75, 3.05) is 4.90 Å². The molecular formula is C23H15ClFNO3S. The van der Waals surface area contributed by atoms with Gasteiger partial charge in [-0.05, 0) is 54.2 Å². The fourth-order valence-electron chi connectivity index (χ4n) is 2.92. The molecule has 0 aliphatic carbocycles. The summed E-state index contributed by atoms with van der Waals surface area (Å²) in [5.74, 6) is -0.283. The lowest BCUT2D eigenvalue weighted by Gasteiger charge is -2.12. The maximum absolute atomic E-state index is 13.9. The van der Waals surface area contributed by atoms with Crippen LogP contribution >= 0.6 is 23.4 Å². The van der Waals surface area contributed by atoms with Crippen molar-refractivity contribution >= 4 is 46.3 Å². The van der Waals surface area contributed by atoms with E-state index in [1.807, 2.05) is 0 Å². The fraction of sp³-hybridized carbons (Fsp3) is 0.0435. The molecule has 0 unspecified atom stereocenters. The van der Waals surface area contributed by atoms with Gasteiger partial charge in [0.05, 0.1) is 10.6 Å². The third-order valence-corrected chi connectivity index (χ3v) is 5.55. The summed E-state index contributed by atoms with van der Waals surface area (Å²) in [4.78, 5) is 26.6. The van der Waals surface area contributed by atoms with E-state index in [9.17, 15) is 14.0 Å². The maximum atomic E-state index is 13.9. The Morgan fingerprint density at radius 2 is 1.67 bits per heavy atom. The standard InChI is InChI=1S/C23H15ClFNO3S/c24-17-9-11-18(12-10-17)26-22(27)21(30-23(26)28)13-15-5-2-4-8-20(15)29-14-16-6-1-3-7-19(16)25/h1-13H,14H2/b21-13+. The van der Waals surface area contributed by atoms with Crippen LogP contribution in [0.4, 0.5) is 14.9 Å². The summed E-state index contributed by atoms with van der Waals surface area (Å²) in [7, 11) is 0. The number of benzene rings is 3. The van der Waals surface area contributed by atoms with Crippen LogP contribution in [0.1, 0.15) is 11.1 Å². The van der Waals surface area contributed by atoms with Gasteiger partial charge in [-0.25, -0.2) is 9.29 Å². The third kappa shape index (κ3) is 4.25. The van der Waals surface area contributed by atoms with Gasteiger partial charge in [-0.15, -0.1) is 0 Å². The van der Waals surface area contributed by atoms with E-state index in [0.29, 0.717) is 27.6 Å². The fourth-order valence-corrected chi connectivity index (χ4v) is 3.88. The smallest absolute Gasteiger partial charge is 0.298 e. The van der Waals surface area contributed by atoms with Gasteiger partial charge < -0.3 is 4.74 Å². The number of rotatable bonds is 5. The van der Waals surface area contributed by atoms with Crippen LogP contribution in [-0.2, 0) is 11.4 Å². The van der Waals surface area contributed by atoms with Crippen molar-refractivity contribution in [3.05, 3.63) is 99.7 Å². The van der Waals surface area contributed by atoms with Gasteiger partial charge in [0.25, 0.3) is 11.1 Å². The lowest BCUT2D eigenvalue weighted by molar-refractivity contribution is -0.113. The molecular weight excluding hydrogens is 425 g/mol. The molecule has 0 spiro atoms. The zero-order chi connectivity index (χ0) is 21.1. The number of ether oxygens (including phenoxy) is 1. The molecule has 0 atom stereocenters. The van der Waals surface area contributed by atoms with E-state index in [4.69, 9.17) is 16.3 Å². The van der Waals surface area contributed by atoms with E-state index < -0.39 is 11.1 Å². The van der Waals surface area contributed by atoms with Crippen molar-refractivity contribution in [3.63, 3.8) is 0 Å². The molecule has 0 bridgehead atoms. The molecule has 4 nitrogen and oxygen atoms in total. The number of hydrogen-bond acceptors (Lipinski definition) is 4. The number of carbonyl (C=O) groups is 2. The summed E-state index contributed by atoms with van der Waals surface area (Å²) >= 11 is 6.74. The maximum Gasteiger partial charge on any atom is 0.298 e. The molecule has 1 fully saturated rings. The molecule has 150 valence electrons. The van der Waals surface area contributed by atoms with Crippen LogP contribution < -0.4 is 9.64 Å². The van der Waals surface area contributed by atoms with Crippen molar-refractivity contribution in [3.8, 4) is 5.75 Å². The first-order valence-corrected chi connectivity index (χ1v) is 10.2. The Labute approximate surface area is 181 Å². The van der Waals surface area contributed by atoms with Crippen LogP contribution in [0.15, 0.2) is 77.7 Å². The molecule has 0 saturated carbocycles. The van der Waals surface area contributed by atoms with Gasteiger partial charge in [0, 0.05) is 16.1 Å². The second-order valence-corrected chi connectivity index (χ2v) is 7.84. The van der Waals surface area contributed by atoms with E-state index in [2.05, 4.69) is 0 Å². The monoisotopic (exact) mass is 439 g/mol. The van der Waals surface area contributed by atoms with Gasteiger partial charge in [-0.1, -0.05) is 48.0 Å². The van der Waals surface area contributed by atoms with E-state index in [1.165, 1.54) is 6.07 Å². The highest BCUT2D eigenvalue weighted by molar-refractivity contribution is 8.19. The molecule has 2 amide bonds. The Hall–Kier alpha value is -3.09. The third-order valence-electron chi connectivity index (χ3n) is 4.43. The second-order valence-electron chi connectivity index (χ2n) is 6.41. The quantitative estimate of drug-likeness (QED) is 0.438. The van der Waals surface area contributed by atoms with Crippen LogP contribution in [0.2, 0.25) is 5.02 Å². The number of imide groups is 1. The van der Waals surface area contributed by atoms with Crippen LogP contribution in [0.5, 0.6) is 5.75 Å². The summed E-state index contributed by atoms with van der Waals surface area (Å²) < 4.78 is 19.6. The Bertz CT molecular complexity index is 1150. The number of hydrogen-bond donors (Lipinski definition) is 0. The predicted molar refractivity (Wildman–Crippen MR) is 117 cm³/mol. The molecule has 1 saturated heterocycles. The highest BCUT2D eigenvalue weighted by Gasteiger charge is 2.36. The summed E-state index contributed by atoms with van der Waals surface area (Å²) in [6.45, 7) is 0.0454. The molecule has 3 aromatic rings. The Morgan fingerprint density at radius 1 is 0.967 bits per heavy atom. The molecule has 0 aromatic heterocycles. The van der Waals surface area contributed by atoms with E-state index in [1.54, 1.807) is 72.8 Å². The highest BCUT2D eigenvalue weighted by Crippen LogP contribution is 2.37. The van der Waals surface area contributed by atoms with Crippen LogP contribution in [0, 0.1) is 5.82 Å². The summed E-state index contributed by atoms with van der Waals surface area (Å²) in [5.41, 5.74) is 1.50. The van der Waals surface area contributed by atoms with Crippen LogP contribution in [0.3, 0.4) is 0 Å². The Kier molecular flexibility index (Phi) is 5.88. The molecule has 3 aromatic carbocycles. The SMILES string of the molecule is O=C1S/C(=C/c2ccccc2OCc2ccccc2F)C(=O)N1c1ccc(Cl)cc1. The molecule has 30 heavy (non-hydrogen) atoms. The second kappa shape index (κ2) is 8.73. The number of anilines is 1. The predicted octanol–water partition coefficient (Wildman–Crippen LogP) is 6.30. The average Bonchev–Trinajstić information content (AvgIpc) is 3.02. The number of halogens is 2. The minimum absolute atomic E-state index is 0.0454. The Morgan fingerprint density at radius 3 is 2.43 bits per heavy atom. The van der Waals surface area contributed by atoms with Gasteiger partial charge in [0.1, 0.15) is 18.2 Å². The van der Waals surface area contributed by atoms with Crippen molar-refractivity contribution in [1.29, 1.82) is 0 Å². The number of para-hydroxylation sites is 1. The Balaban J connectivity index is 1.58. The lowest BCUT2D eigenvalue weighted by Crippen LogP contribution is -2.27. The molecule has 1 aliphatic heterocycles. The average molecular weight is 440 g/mol. The number of thioether (sulfide) groups is 1. The zero-order valence-electron chi connectivity index (χ0n) is 15.5. The number of carbonyl (C=O) groups excluding carboxylic acids is 2. The van der Waals surface area contributed by atoms with Crippen LogP contribution in [-0.4, -0.2) is 11.1 Å². The first kappa shape index (κ1) is 20.2. The molecule has 0 N–H and O–H groups in total. The summed E-state index contributed by atoms with van der Waals surface area (Å²) in [6, 6.07) is 19.9. The number of amides is 2. The van der Waals surface area contributed by atoms with E-state index in [0.717, 1.165) is 16.7 Å². The van der Waals surface area contributed by atoms with E-state index in [-0.39, 0.29) is 17.3 Å². The molecule has 1 aliphatic rings. The van der Waals surface area contributed by atoms with Crippen molar-refractivity contribution in [1.82, 2.24) is 0 Å². The molecule has 1 heterocycles. The van der Waals surface area contributed by atoms with Crippen LogP contribution in [0.25, 0.3) is 6.08 Å². The van der Waals surface area contributed by atoms with Gasteiger partial charge in [0.15, 0.2) is 0 Å². The summed E-state index contributed by atoms with van der Waals surface area (Å²) in [6.07, 6.45) is 1.61. The minimum atomic E-state index is -0.420. The van der Waals surface area contributed by atoms with E-state index >= 15 is 0 Å². The normalized spacial score (nSPS) is 15.1. The first-order chi connectivity index (χ1) is 14.5.